The highest BCUT2D eigenvalue weighted by Gasteiger charge is 2.25. The van der Waals surface area contributed by atoms with E-state index in [4.69, 9.17) is 11.6 Å². The van der Waals surface area contributed by atoms with Gasteiger partial charge in [-0.2, -0.15) is 5.10 Å². The summed E-state index contributed by atoms with van der Waals surface area (Å²) in [5.74, 6) is -0.891. The first kappa shape index (κ1) is 22.8. The second-order valence-corrected chi connectivity index (χ2v) is 8.55. The van der Waals surface area contributed by atoms with Crippen molar-refractivity contribution < 1.29 is 9.59 Å². The molecule has 2 amide bonds. The van der Waals surface area contributed by atoms with Gasteiger partial charge in [0.25, 0.3) is 11.8 Å². The van der Waals surface area contributed by atoms with E-state index in [0.29, 0.717) is 10.6 Å². The maximum atomic E-state index is 12.7. The predicted octanol–water partition coefficient (Wildman–Crippen LogP) is 4.15. The Balaban J connectivity index is 1.62. The Morgan fingerprint density at radius 2 is 1.84 bits per heavy atom. The molecule has 0 bridgehead atoms. The van der Waals surface area contributed by atoms with Crippen molar-refractivity contribution in [2.75, 3.05) is 18.0 Å². The van der Waals surface area contributed by atoms with Gasteiger partial charge in [-0.15, -0.1) is 0 Å². The molecule has 2 aromatic rings. The van der Waals surface area contributed by atoms with Crippen molar-refractivity contribution in [1.82, 2.24) is 10.7 Å². The van der Waals surface area contributed by atoms with Crippen LogP contribution in [0.25, 0.3) is 0 Å². The van der Waals surface area contributed by atoms with Crippen LogP contribution in [-0.2, 0) is 4.79 Å². The standard InChI is InChI=1S/C24H29ClN4O2/c1-16(2)22(27-23(30)20-8-4-5-9-21(20)25)24(31)28-26-15-18-10-11-19(14-17(18)3)29-12-6-7-13-29/h4-5,8-11,14-16,22H,6-7,12-13H2,1-3H3,(H,27,30)(H,28,31)/b26-15-. The van der Waals surface area contributed by atoms with E-state index in [2.05, 4.69) is 32.9 Å². The molecule has 1 heterocycles. The van der Waals surface area contributed by atoms with Gasteiger partial charge in [-0.05, 0) is 61.1 Å². The molecule has 3 rings (SSSR count). The van der Waals surface area contributed by atoms with Gasteiger partial charge in [-0.25, -0.2) is 5.43 Å². The van der Waals surface area contributed by atoms with Crippen molar-refractivity contribution in [3.05, 3.63) is 64.2 Å². The van der Waals surface area contributed by atoms with E-state index >= 15 is 0 Å². The van der Waals surface area contributed by atoms with E-state index in [1.165, 1.54) is 18.5 Å². The lowest BCUT2D eigenvalue weighted by atomic mass is 10.0. The van der Waals surface area contributed by atoms with Gasteiger partial charge in [0.1, 0.15) is 6.04 Å². The summed E-state index contributed by atoms with van der Waals surface area (Å²) in [4.78, 5) is 27.6. The second-order valence-electron chi connectivity index (χ2n) is 8.14. The number of halogens is 1. The van der Waals surface area contributed by atoms with Crippen LogP contribution in [0.5, 0.6) is 0 Å². The maximum absolute atomic E-state index is 12.7. The quantitative estimate of drug-likeness (QED) is 0.501. The maximum Gasteiger partial charge on any atom is 0.262 e. The molecule has 0 spiro atoms. The molecule has 1 aliphatic heterocycles. The molecule has 2 N–H and O–H groups in total. The minimum Gasteiger partial charge on any atom is -0.372 e. The molecule has 31 heavy (non-hydrogen) atoms. The summed E-state index contributed by atoms with van der Waals surface area (Å²) in [7, 11) is 0. The second kappa shape index (κ2) is 10.4. The van der Waals surface area contributed by atoms with Crippen LogP contribution in [0.1, 0.15) is 48.2 Å². The number of amides is 2. The topological polar surface area (TPSA) is 73.8 Å². The SMILES string of the molecule is Cc1cc(N2CCCC2)ccc1/C=N\NC(=O)C(NC(=O)c1ccccc1Cl)C(C)C. The number of hydrogen-bond acceptors (Lipinski definition) is 4. The molecule has 1 atom stereocenters. The van der Waals surface area contributed by atoms with Crippen LogP contribution < -0.4 is 15.6 Å². The molecule has 1 fully saturated rings. The van der Waals surface area contributed by atoms with Crippen LogP contribution in [0, 0.1) is 12.8 Å². The van der Waals surface area contributed by atoms with Crippen molar-refractivity contribution in [2.24, 2.45) is 11.0 Å². The fraction of sp³-hybridized carbons (Fsp3) is 0.375. The number of aryl methyl sites for hydroxylation is 1. The van der Waals surface area contributed by atoms with Crippen LogP contribution in [-0.4, -0.2) is 37.2 Å². The van der Waals surface area contributed by atoms with Crippen molar-refractivity contribution >= 4 is 35.3 Å². The summed E-state index contributed by atoms with van der Waals surface area (Å²) in [6, 6.07) is 12.3. The highest BCUT2D eigenvalue weighted by molar-refractivity contribution is 6.33. The Hall–Kier alpha value is -2.86. The third-order valence-electron chi connectivity index (χ3n) is 5.46. The van der Waals surface area contributed by atoms with Gasteiger partial charge in [-0.1, -0.05) is 43.6 Å². The smallest absolute Gasteiger partial charge is 0.262 e. The zero-order valence-electron chi connectivity index (χ0n) is 18.2. The predicted molar refractivity (Wildman–Crippen MR) is 126 cm³/mol. The van der Waals surface area contributed by atoms with Gasteiger partial charge in [-0.3, -0.25) is 9.59 Å². The fourth-order valence-corrected chi connectivity index (χ4v) is 3.83. The third kappa shape index (κ3) is 5.85. The molecule has 2 aromatic carbocycles. The molecule has 7 heteroatoms. The number of benzene rings is 2. The Morgan fingerprint density at radius 1 is 1.13 bits per heavy atom. The molecule has 0 radical (unpaired) electrons. The van der Waals surface area contributed by atoms with E-state index in [0.717, 1.165) is 24.2 Å². The van der Waals surface area contributed by atoms with Gasteiger partial charge >= 0.3 is 0 Å². The normalized spacial score (nSPS) is 14.8. The summed E-state index contributed by atoms with van der Waals surface area (Å²) in [6.07, 6.45) is 4.10. The van der Waals surface area contributed by atoms with Crippen molar-refractivity contribution in [3.63, 3.8) is 0 Å². The highest BCUT2D eigenvalue weighted by atomic mass is 35.5. The van der Waals surface area contributed by atoms with Gasteiger partial charge in [0.15, 0.2) is 0 Å². The first-order valence-electron chi connectivity index (χ1n) is 10.6. The molecule has 0 aliphatic carbocycles. The number of carbonyl (C=O) groups is 2. The summed E-state index contributed by atoms with van der Waals surface area (Å²) in [5.41, 5.74) is 6.13. The first-order chi connectivity index (χ1) is 14.9. The summed E-state index contributed by atoms with van der Waals surface area (Å²) in [6.45, 7) is 7.95. The molecule has 0 saturated carbocycles. The minimum atomic E-state index is -0.737. The Morgan fingerprint density at radius 3 is 2.48 bits per heavy atom. The van der Waals surface area contributed by atoms with Gasteiger partial charge in [0.05, 0.1) is 16.8 Å². The third-order valence-corrected chi connectivity index (χ3v) is 5.79. The molecule has 1 saturated heterocycles. The van der Waals surface area contributed by atoms with Crippen molar-refractivity contribution in [2.45, 2.75) is 39.7 Å². The minimum absolute atomic E-state index is 0.122. The Kier molecular flexibility index (Phi) is 7.69. The lowest BCUT2D eigenvalue weighted by Gasteiger charge is -2.21. The van der Waals surface area contributed by atoms with Crippen LogP contribution >= 0.6 is 11.6 Å². The average molecular weight is 441 g/mol. The van der Waals surface area contributed by atoms with Crippen molar-refractivity contribution in [3.8, 4) is 0 Å². The van der Waals surface area contributed by atoms with E-state index in [1.807, 2.05) is 26.8 Å². The van der Waals surface area contributed by atoms with Crippen LogP contribution in [0.15, 0.2) is 47.6 Å². The molecule has 164 valence electrons. The molecule has 6 nitrogen and oxygen atoms in total. The van der Waals surface area contributed by atoms with Gasteiger partial charge < -0.3 is 10.2 Å². The molecule has 0 aromatic heterocycles. The zero-order chi connectivity index (χ0) is 22.4. The summed E-state index contributed by atoms with van der Waals surface area (Å²) >= 11 is 6.09. The number of rotatable bonds is 7. The Bertz CT molecular complexity index is 968. The molecular formula is C24H29ClN4O2. The number of carbonyl (C=O) groups excluding carboxylic acids is 2. The van der Waals surface area contributed by atoms with Crippen LogP contribution in [0.4, 0.5) is 5.69 Å². The van der Waals surface area contributed by atoms with E-state index in [-0.39, 0.29) is 11.8 Å². The van der Waals surface area contributed by atoms with E-state index in [9.17, 15) is 9.59 Å². The lowest BCUT2D eigenvalue weighted by Crippen LogP contribution is -2.48. The number of nitrogens with one attached hydrogen (secondary N) is 2. The number of anilines is 1. The molecular weight excluding hydrogens is 412 g/mol. The van der Waals surface area contributed by atoms with E-state index in [1.54, 1.807) is 30.5 Å². The number of nitrogens with zero attached hydrogens (tertiary/aromatic N) is 2. The van der Waals surface area contributed by atoms with E-state index < -0.39 is 11.9 Å². The van der Waals surface area contributed by atoms with Gasteiger partial charge in [0, 0.05) is 18.8 Å². The molecule has 1 aliphatic rings. The fourth-order valence-electron chi connectivity index (χ4n) is 3.61. The van der Waals surface area contributed by atoms with Crippen molar-refractivity contribution in [1.29, 1.82) is 0 Å². The average Bonchev–Trinajstić information content (AvgIpc) is 3.28. The van der Waals surface area contributed by atoms with Gasteiger partial charge in [0.2, 0.25) is 0 Å². The summed E-state index contributed by atoms with van der Waals surface area (Å²) < 4.78 is 0. The Labute approximate surface area is 188 Å². The zero-order valence-corrected chi connectivity index (χ0v) is 18.9. The number of hydrogen-bond donors (Lipinski definition) is 2. The van der Waals surface area contributed by atoms with Crippen LogP contribution in [0.3, 0.4) is 0 Å². The molecule has 1 unspecified atom stereocenters. The monoisotopic (exact) mass is 440 g/mol. The largest absolute Gasteiger partial charge is 0.372 e. The summed E-state index contributed by atoms with van der Waals surface area (Å²) in [5, 5.41) is 7.21. The first-order valence-corrected chi connectivity index (χ1v) is 11.0. The highest BCUT2D eigenvalue weighted by Crippen LogP contribution is 2.22. The number of hydrazone groups is 1. The lowest BCUT2D eigenvalue weighted by molar-refractivity contribution is -0.123. The van der Waals surface area contributed by atoms with Crippen LogP contribution in [0.2, 0.25) is 5.02 Å².